The maximum Gasteiger partial charge on any atom is 0.289 e. The number of piperazine rings is 1. The summed E-state index contributed by atoms with van der Waals surface area (Å²) in [6.45, 7) is 3.88. The van der Waals surface area contributed by atoms with Crippen molar-refractivity contribution in [3.05, 3.63) is 78.1 Å². The summed E-state index contributed by atoms with van der Waals surface area (Å²) in [5.41, 5.74) is 1.10. The summed E-state index contributed by atoms with van der Waals surface area (Å²) in [6.07, 6.45) is 3.98. The number of amides is 1. The second kappa shape index (κ2) is 12.3. The number of furan rings is 2. The Labute approximate surface area is 210 Å². The summed E-state index contributed by atoms with van der Waals surface area (Å²) >= 11 is 0. The Kier molecular flexibility index (Phi) is 9.23. The van der Waals surface area contributed by atoms with Crippen LogP contribution in [-0.2, 0) is 13.0 Å². The Hall–Kier alpha value is -2.95. The van der Waals surface area contributed by atoms with Crippen molar-refractivity contribution in [3.8, 4) is 5.75 Å². The minimum atomic E-state index is -0.0721. The van der Waals surface area contributed by atoms with Crippen molar-refractivity contribution in [2.45, 2.75) is 13.0 Å². The van der Waals surface area contributed by atoms with Crippen LogP contribution in [0.3, 0.4) is 0 Å². The monoisotopic (exact) mass is 564 g/mol. The summed E-state index contributed by atoms with van der Waals surface area (Å²) in [5, 5.41) is 3.46. The third-order valence-corrected chi connectivity index (χ3v) is 5.40. The number of nitrogens with one attached hydrogen (secondary N) is 1. The number of nitrogens with zero attached hydrogens (tertiary/aromatic N) is 3. The minimum Gasteiger partial charge on any atom is -0.497 e. The molecular weight excluding hydrogens is 535 g/mol. The smallest absolute Gasteiger partial charge is 0.289 e. The van der Waals surface area contributed by atoms with Crippen molar-refractivity contribution >= 4 is 35.8 Å². The normalized spacial score (nSPS) is 14.0. The zero-order valence-corrected chi connectivity index (χ0v) is 20.9. The lowest BCUT2D eigenvalue weighted by Gasteiger charge is -2.36. The van der Waals surface area contributed by atoms with Gasteiger partial charge in [-0.3, -0.25) is 4.79 Å². The van der Waals surface area contributed by atoms with Crippen LogP contribution >= 0.6 is 24.0 Å². The first-order valence-corrected chi connectivity index (χ1v) is 10.7. The molecule has 0 radical (unpaired) electrons. The molecule has 1 amide bonds. The van der Waals surface area contributed by atoms with Crippen LogP contribution in [0.4, 0.5) is 0 Å². The second-order valence-electron chi connectivity index (χ2n) is 7.50. The van der Waals surface area contributed by atoms with Crippen molar-refractivity contribution in [1.29, 1.82) is 0 Å². The molecule has 0 bridgehead atoms. The van der Waals surface area contributed by atoms with Crippen molar-refractivity contribution < 1.29 is 18.4 Å². The Morgan fingerprint density at radius 1 is 1.00 bits per heavy atom. The molecule has 0 aliphatic carbocycles. The number of benzene rings is 1. The van der Waals surface area contributed by atoms with Gasteiger partial charge in [0.15, 0.2) is 11.7 Å². The van der Waals surface area contributed by atoms with E-state index in [0.717, 1.165) is 29.5 Å². The second-order valence-corrected chi connectivity index (χ2v) is 7.50. The first kappa shape index (κ1) is 24.7. The topological polar surface area (TPSA) is 83.5 Å². The Bertz CT molecular complexity index is 996. The highest BCUT2D eigenvalue weighted by atomic mass is 127. The molecule has 176 valence electrons. The van der Waals surface area contributed by atoms with Gasteiger partial charge in [-0.15, -0.1) is 24.0 Å². The van der Waals surface area contributed by atoms with Gasteiger partial charge in [-0.1, -0.05) is 12.1 Å². The van der Waals surface area contributed by atoms with Crippen LogP contribution in [0.5, 0.6) is 5.75 Å². The molecule has 1 saturated heterocycles. The van der Waals surface area contributed by atoms with Crippen molar-refractivity contribution in [2.75, 3.05) is 39.8 Å². The highest BCUT2D eigenvalue weighted by Crippen LogP contribution is 2.13. The van der Waals surface area contributed by atoms with Gasteiger partial charge < -0.3 is 28.7 Å². The maximum atomic E-state index is 12.6. The molecule has 8 nitrogen and oxygen atoms in total. The minimum absolute atomic E-state index is 0. The van der Waals surface area contributed by atoms with Gasteiger partial charge in [-0.2, -0.15) is 0 Å². The molecule has 1 N–H and O–H groups in total. The largest absolute Gasteiger partial charge is 0.497 e. The highest BCUT2D eigenvalue weighted by Gasteiger charge is 2.25. The number of hydrogen-bond donors (Lipinski definition) is 1. The van der Waals surface area contributed by atoms with E-state index >= 15 is 0 Å². The lowest BCUT2D eigenvalue weighted by molar-refractivity contribution is 0.0657. The lowest BCUT2D eigenvalue weighted by Crippen LogP contribution is -2.54. The first-order valence-electron chi connectivity index (χ1n) is 10.7. The van der Waals surface area contributed by atoms with Gasteiger partial charge in [0.1, 0.15) is 11.5 Å². The molecule has 0 atom stereocenters. The predicted molar refractivity (Wildman–Crippen MR) is 136 cm³/mol. The molecule has 1 aliphatic rings. The number of guanidine groups is 1. The number of ether oxygens (including phenoxy) is 1. The third kappa shape index (κ3) is 6.77. The number of methoxy groups -OCH3 is 1. The van der Waals surface area contributed by atoms with Crippen LogP contribution in [0.25, 0.3) is 0 Å². The molecule has 9 heteroatoms. The lowest BCUT2D eigenvalue weighted by atomic mass is 10.2. The molecule has 4 rings (SSSR count). The van der Waals surface area contributed by atoms with Crippen LogP contribution < -0.4 is 10.1 Å². The van der Waals surface area contributed by atoms with E-state index in [4.69, 9.17) is 18.6 Å². The quantitative estimate of drug-likeness (QED) is 0.268. The van der Waals surface area contributed by atoms with Crippen LogP contribution in [0.15, 0.2) is 74.9 Å². The third-order valence-electron chi connectivity index (χ3n) is 5.40. The zero-order chi connectivity index (χ0) is 22.2. The van der Waals surface area contributed by atoms with E-state index in [2.05, 4.69) is 10.2 Å². The number of carbonyl (C=O) groups excluding carboxylic acids is 1. The van der Waals surface area contributed by atoms with Crippen LogP contribution in [0, 0.1) is 0 Å². The SMILES string of the molecule is COc1ccc(CN=C(NCCc2ccco2)N2CCN(C(=O)c3ccco3)CC2)cc1.I. The molecule has 0 unspecified atom stereocenters. The fourth-order valence-corrected chi connectivity index (χ4v) is 3.59. The van der Waals surface area contributed by atoms with E-state index in [1.54, 1.807) is 25.5 Å². The Morgan fingerprint density at radius 3 is 2.33 bits per heavy atom. The van der Waals surface area contributed by atoms with Gasteiger partial charge >= 0.3 is 0 Å². The molecule has 33 heavy (non-hydrogen) atoms. The van der Waals surface area contributed by atoms with Crippen LogP contribution in [0.2, 0.25) is 0 Å². The predicted octanol–water partition coefficient (Wildman–Crippen LogP) is 3.65. The molecule has 1 fully saturated rings. The van der Waals surface area contributed by atoms with Gasteiger partial charge in [0.2, 0.25) is 0 Å². The Morgan fingerprint density at radius 2 is 1.70 bits per heavy atom. The van der Waals surface area contributed by atoms with E-state index in [0.29, 0.717) is 45.0 Å². The molecule has 1 aromatic carbocycles. The van der Waals surface area contributed by atoms with E-state index in [9.17, 15) is 4.79 Å². The summed E-state index contributed by atoms with van der Waals surface area (Å²) in [7, 11) is 1.66. The molecule has 3 aromatic rings. The molecule has 0 saturated carbocycles. The van der Waals surface area contributed by atoms with Gasteiger partial charge in [0.25, 0.3) is 5.91 Å². The number of aliphatic imine (C=N–C) groups is 1. The Balaban J connectivity index is 0.00000306. The van der Waals surface area contributed by atoms with Crippen LogP contribution in [-0.4, -0.2) is 61.5 Å². The number of rotatable bonds is 7. The zero-order valence-electron chi connectivity index (χ0n) is 18.6. The molecule has 0 spiro atoms. The molecule has 1 aliphatic heterocycles. The van der Waals surface area contributed by atoms with E-state index in [1.807, 2.05) is 41.3 Å². The summed E-state index contributed by atoms with van der Waals surface area (Å²) in [4.78, 5) is 21.4. The van der Waals surface area contributed by atoms with E-state index in [1.165, 1.54) is 6.26 Å². The average molecular weight is 564 g/mol. The number of halogens is 1. The van der Waals surface area contributed by atoms with Gasteiger partial charge in [-0.25, -0.2) is 4.99 Å². The average Bonchev–Trinajstić information content (AvgIpc) is 3.56. The summed E-state index contributed by atoms with van der Waals surface area (Å²) in [5.74, 6) is 2.89. The van der Waals surface area contributed by atoms with E-state index in [-0.39, 0.29) is 29.9 Å². The fraction of sp³-hybridized carbons (Fsp3) is 0.333. The maximum absolute atomic E-state index is 12.6. The molecular formula is C24H29IN4O4. The fourth-order valence-electron chi connectivity index (χ4n) is 3.59. The molecule has 2 aromatic heterocycles. The van der Waals surface area contributed by atoms with Gasteiger partial charge in [0.05, 0.1) is 26.2 Å². The van der Waals surface area contributed by atoms with E-state index < -0.39 is 0 Å². The van der Waals surface area contributed by atoms with Crippen LogP contribution in [0.1, 0.15) is 21.9 Å². The van der Waals surface area contributed by atoms with Gasteiger partial charge in [0, 0.05) is 39.1 Å². The number of hydrogen-bond acceptors (Lipinski definition) is 5. The highest BCUT2D eigenvalue weighted by molar-refractivity contribution is 14.0. The van der Waals surface area contributed by atoms with Crippen molar-refractivity contribution in [2.24, 2.45) is 4.99 Å². The summed E-state index contributed by atoms with van der Waals surface area (Å²) in [6, 6.07) is 15.2. The molecule has 3 heterocycles. The number of carbonyl (C=O) groups is 1. The van der Waals surface area contributed by atoms with Gasteiger partial charge in [-0.05, 0) is 42.0 Å². The van der Waals surface area contributed by atoms with Crippen molar-refractivity contribution in [3.63, 3.8) is 0 Å². The standard InChI is InChI=1S/C24H28N4O4.HI/c1-30-20-8-6-19(7-9-20)18-26-24(25-11-10-21-4-2-16-31-21)28-14-12-27(13-15-28)23(29)22-5-3-17-32-22;/h2-9,16-17H,10-15,18H2,1H3,(H,25,26);1H. The summed E-state index contributed by atoms with van der Waals surface area (Å²) < 4.78 is 15.9. The van der Waals surface area contributed by atoms with Crippen molar-refractivity contribution in [1.82, 2.24) is 15.1 Å². The first-order chi connectivity index (χ1) is 15.7.